The molecule has 1 N–H and O–H groups in total. The van der Waals surface area contributed by atoms with Crippen molar-refractivity contribution < 1.29 is 4.79 Å². The van der Waals surface area contributed by atoms with Crippen LogP contribution in [-0.4, -0.2) is 40.5 Å². The molecule has 0 aliphatic rings. The van der Waals surface area contributed by atoms with Gasteiger partial charge in [-0.05, 0) is 41.3 Å². The average Bonchev–Trinajstić information content (AvgIpc) is 3.43. The van der Waals surface area contributed by atoms with Gasteiger partial charge in [-0.15, -0.1) is 21.5 Å². The lowest BCUT2D eigenvalue weighted by atomic mass is 10.2. The van der Waals surface area contributed by atoms with Gasteiger partial charge in [0.15, 0.2) is 11.0 Å². The van der Waals surface area contributed by atoms with Crippen LogP contribution in [0.2, 0.25) is 0 Å². The Morgan fingerprint density at radius 3 is 2.48 bits per heavy atom. The molecule has 31 heavy (non-hydrogen) atoms. The van der Waals surface area contributed by atoms with Gasteiger partial charge < -0.3 is 10.2 Å². The molecule has 6 nitrogen and oxygen atoms in total. The van der Waals surface area contributed by atoms with Crippen LogP contribution in [0.3, 0.4) is 0 Å². The Hall–Kier alpha value is -3.10. The van der Waals surface area contributed by atoms with Crippen molar-refractivity contribution >= 4 is 40.4 Å². The summed E-state index contributed by atoms with van der Waals surface area (Å²) < 4.78 is 2.08. The topological polar surface area (TPSA) is 63.1 Å². The number of anilines is 2. The number of rotatable bonds is 8. The number of hydrogen-bond acceptors (Lipinski definition) is 6. The normalized spacial score (nSPS) is 10.8. The average molecular weight is 450 g/mol. The van der Waals surface area contributed by atoms with Gasteiger partial charge in [-0.1, -0.05) is 48.2 Å². The molecule has 8 heteroatoms. The van der Waals surface area contributed by atoms with E-state index in [1.807, 2.05) is 61.9 Å². The lowest BCUT2D eigenvalue weighted by molar-refractivity contribution is -0.113. The van der Waals surface area contributed by atoms with Crippen LogP contribution in [0.25, 0.3) is 10.7 Å². The van der Waals surface area contributed by atoms with Crippen LogP contribution in [0, 0.1) is 0 Å². The second-order valence-electron chi connectivity index (χ2n) is 7.13. The number of amides is 1. The number of nitrogens with one attached hydrogen (secondary N) is 1. The zero-order chi connectivity index (χ0) is 21.6. The number of benzene rings is 2. The van der Waals surface area contributed by atoms with Gasteiger partial charge in [-0.25, -0.2) is 0 Å². The number of carbonyl (C=O) groups excluding carboxylic acids is 1. The Morgan fingerprint density at radius 2 is 1.81 bits per heavy atom. The van der Waals surface area contributed by atoms with Crippen molar-refractivity contribution in [3.63, 3.8) is 0 Å². The van der Waals surface area contributed by atoms with Gasteiger partial charge in [0.25, 0.3) is 0 Å². The minimum absolute atomic E-state index is 0.0706. The maximum absolute atomic E-state index is 12.4. The molecule has 4 aromatic rings. The zero-order valence-electron chi connectivity index (χ0n) is 17.4. The molecule has 2 aromatic heterocycles. The van der Waals surface area contributed by atoms with E-state index < -0.39 is 0 Å². The van der Waals surface area contributed by atoms with Crippen LogP contribution in [0.4, 0.5) is 11.4 Å². The van der Waals surface area contributed by atoms with Crippen molar-refractivity contribution in [3.05, 3.63) is 77.7 Å². The summed E-state index contributed by atoms with van der Waals surface area (Å²) in [5.41, 5.74) is 3.09. The van der Waals surface area contributed by atoms with E-state index in [-0.39, 0.29) is 11.7 Å². The predicted octanol–water partition coefficient (Wildman–Crippen LogP) is 4.85. The van der Waals surface area contributed by atoms with E-state index in [4.69, 9.17) is 0 Å². The third kappa shape index (κ3) is 5.34. The highest BCUT2D eigenvalue weighted by Crippen LogP contribution is 2.28. The van der Waals surface area contributed by atoms with Crippen molar-refractivity contribution in [1.82, 2.24) is 14.8 Å². The second-order valence-corrected chi connectivity index (χ2v) is 9.02. The molecule has 158 valence electrons. The monoisotopic (exact) mass is 449 g/mol. The maximum Gasteiger partial charge on any atom is 0.234 e. The molecular weight excluding hydrogens is 426 g/mol. The van der Waals surface area contributed by atoms with Crippen molar-refractivity contribution in [3.8, 4) is 10.7 Å². The van der Waals surface area contributed by atoms with Gasteiger partial charge in [0.2, 0.25) is 5.91 Å². The van der Waals surface area contributed by atoms with Gasteiger partial charge in [0.1, 0.15) is 0 Å². The fourth-order valence-electron chi connectivity index (χ4n) is 3.06. The molecule has 4 rings (SSSR count). The molecule has 1 amide bonds. The molecule has 2 heterocycles. The van der Waals surface area contributed by atoms with Crippen molar-refractivity contribution in [1.29, 1.82) is 0 Å². The lowest BCUT2D eigenvalue weighted by Gasteiger charge is -2.14. The Kier molecular flexibility index (Phi) is 6.69. The number of aromatic nitrogens is 3. The third-order valence-corrected chi connectivity index (χ3v) is 6.47. The summed E-state index contributed by atoms with van der Waals surface area (Å²) in [7, 11) is 4.05. The first-order valence-electron chi connectivity index (χ1n) is 9.81. The van der Waals surface area contributed by atoms with E-state index in [0.29, 0.717) is 6.54 Å². The van der Waals surface area contributed by atoms with Crippen molar-refractivity contribution in [2.24, 2.45) is 0 Å². The molecule has 0 radical (unpaired) electrons. The predicted molar refractivity (Wildman–Crippen MR) is 129 cm³/mol. The van der Waals surface area contributed by atoms with Crippen LogP contribution in [0.15, 0.2) is 77.3 Å². The highest BCUT2D eigenvalue weighted by atomic mass is 32.2. The molecule has 0 saturated heterocycles. The zero-order valence-corrected chi connectivity index (χ0v) is 19.0. The summed E-state index contributed by atoms with van der Waals surface area (Å²) >= 11 is 3.02. The molecule has 0 spiro atoms. The summed E-state index contributed by atoms with van der Waals surface area (Å²) in [6.45, 7) is 0.635. The highest BCUT2D eigenvalue weighted by Gasteiger charge is 2.17. The number of thioether (sulfide) groups is 1. The summed E-state index contributed by atoms with van der Waals surface area (Å²) in [6.07, 6.45) is 0. The minimum Gasteiger partial charge on any atom is -0.378 e. The Morgan fingerprint density at radius 1 is 1.03 bits per heavy atom. The highest BCUT2D eigenvalue weighted by molar-refractivity contribution is 7.99. The third-order valence-electron chi connectivity index (χ3n) is 4.64. The number of para-hydroxylation sites is 1. The fourth-order valence-corrected chi connectivity index (χ4v) is 4.51. The molecule has 0 fully saturated rings. The maximum atomic E-state index is 12.4. The molecule has 0 atom stereocenters. The van der Waals surface area contributed by atoms with Crippen LogP contribution >= 0.6 is 23.1 Å². The van der Waals surface area contributed by atoms with E-state index in [0.717, 1.165) is 32.8 Å². The number of carbonyl (C=O) groups is 1. The van der Waals surface area contributed by atoms with Crippen LogP contribution in [0.1, 0.15) is 5.56 Å². The summed E-state index contributed by atoms with van der Waals surface area (Å²) in [6, 6.07) is 21.9. The van der Waals surface area contributed by atoms with E-state index in [2.05, 4.69) is 49.2 Å². The Balaban J connectivity index is 1.52. The molecule has 0 bridgehead atoms. The molecule has 0 saturated carbocycles. The minimum atomic E-state index is -0.0706. The standard InChI is InChI=1S/C23H23N5OS2/c1-27(2)19-12-10-17(11-13-19)15-28-22(20-9-6-14-30-20)25-26-23(28)31-16-21(29)24-18-7-4-3-5-8-18/h3-14H,15-16H2,1-2H3,(H,24,29). The lowest BCUT2D eigenvalue weighted by Crippen LogP contribution is -2.14. The van der Waals surface area contributed by atoms with Crippen LogP contribution in [0.5, 0.6) is 0 Å². The smallest absolute Gasteiger partial charge is 0.234 e. The number of nitrogens with zero attached hydrogens (tertiary/aromatic N) is 4. The number of hydrogen-bond donors (Lipinski definition) is 1. The molecule has 0 unspecified atom stereocenters. The Bertz CT molecular complexity index is 1120. The van der Waals surface area contributed by atoms with Gasteiger partial charge in [-0.2, -0.15) is 0 Å². The van der Waals surface area contributed by atoms with Crippen molar-refractivity contribution in [2.45, 2.75) is 11.7 Å². The summed E-state index contributed by atoms with van der Waals surface area (Å²) in [5.74, 6) is 1.01. The van der Waals surface area contributed by atoms with Gasteiger partial charge in [0, 0.05) is 25.5 Å². The first-order valence-corrected chi connectivity index (χ1v) is 11.7. The van der Waals surface area contributed by atoms with Gasteiger partial charge in [0.05, 0.1) is 17.2 Å². The largest absolute Gasteiger partial charge is 0.378 e. The number of thiophene rings is 1. The fraction of sp³-hybridized carbons (Fsp3) is 0.174. The van der Waals surface area contributed by atoms with E-state index in [9.17, 15) is 4.79 Å². The molecule has 0 aliphatic carbocycles. The quantitative estimate of drug-likeness (QED) is 0.390. The SMILES string of the molecule is CN(C)c1ccc(Cn2c(SCC(=O)Nc3ccccc3)nnc2-c2cccs2)cc1. The molecule has 2 aromatic carbocycles. The van der Waals surface area contributed by atoms with Gasteiger partial charge >= 0.3 is 0 Å². The second kappa shape index (κ2) is 9.80. The van der Waals surface area contributed by atoms with Crippen molar-refractivity contribution in [2.75, 3.05) is 30.1 Å². The van der Waals surface area contributed by atoms with E-state index in [1.165, 1.54) is 11.8 Å². The first kappa shape index (κ1) is 21.1. The van der Waals surface area contributed by atoms with E-state index >= 15 is 0 Å². The molecule has 0 aliphatic heterocycles. The first-order chi connectivity index (χ1) is 15.1. The van der Waals surface area contributed by atoms with Gasteiger partial charge in [-0.3, -0.25) is 9.36 Å². The summed E-state index contributed by atoms with van der Waals surface area (Å²) in [4.78, 5) is 15.5. The van der Waals surface area contributed by atoms with E-state index in [1.54, 1.807) is 11.3 Å². The Labute approximate surface area is 189 Å². The molecular formula is C23H23N5OS2. The van der Waals surface area contributed by atoms with Crippen LogP contribution < -0.4 is 10.2 Å². The van der Waals surface area contributed by atoms with Crippen LogP contribution in [-0.2, 0) is 11.3 Å². The summed E-state index contributed by atoms with van der Waals surface area (Å²) in [5, 5.41) is 14.5.